The smallest absolute Gasteiger partial charge is 0.296 e. The lowest BCUT2D eigenvalue weighted by molar-refractivity contribution is 0.472. The fourth-order valence-electron chi connectivity index (χ4n) is 6.91. The van der Waals surface area contributed by atoms with Gasteiger partial charge >= 0.3 is 0 Å². The zero-order chi connectivity index (χ0) is 46.6. The van der Waals surface area contributed by atoms with Crippen LogP contribution in [-0.2, 0) is 40.5 Å². The second-order valence-electron chi connectivity index (χ2n) is 14.0. The minimum absolute atomic E-state index is 0.0237. The molecule has 8 aromatic rings. The second kappa shape index (κ2) is 16.4. The zero-order valence-corrected chi connectivity index (χ0v) is 36.1. The van der Waals surface area contributed by atoms with E-state index in [2.05, 4.69) is 36.0 Å². The van der Waals surface area contributed by atoms with Crippen LogP contribution >= 0.6 is 0 Å². The molecule has 0 bridgehead atoms. The van der Waals surface area contributed by atoms with Gasteiger partial charge in [-0.25, -0.2) is 0 Å². The Bertz CT molecular complexity index is 3900. The highest BCUT2D eigenvalue weighted by molar-refractivity contribution is 7.87. The van der Waals surface area contributed by atoms with Crippen molar-refractivity contribution in [1.29, 1.82) is 0 Å². The Labute approximate surface area is 368 Å². The van der Waals surface area contributed by atoms with Gasteiger partial charge in [0.05, 0.1) is 38.2 Å². The second-order valence-corrected chi connectivity index (χ2v) is 19.7. The van der Waals surface area contributed by atoms with Crippen molar-refractivity contribution in [1.82, 2.24) is 0 Å². The zero-order valence-electron chi connectivity index (χ0n) is 32.9. The molecule has 20 nitrogen and oxygen atoms in total. The fraction of sp³-hybridized carbons (Fsp3) is 0.0244. The van der Waals surface area contributed by atoms with E-state index in [-0.39, 0.29) is 49.7 Å². The number of aromatic hydroxyl groups is 1. The average Bonchev–Trinajstić information content (AvgIpc) is 3.25. The van der Waals surface area contributed by atoms with Gasteiger partial charge in [-0.15, -0.1) is 25.6 Å². The molecule has 0 saturated carbocycles. The number of hydrogen-bond donors (Lipinski definition) is 6. The lowest BCUT2D eigenvalue weighted by Gasteiger charge is -2.10. The fourth-order valence-corrected chi connectivity index (χ4v) is 9.42. The number of fused-ring (bicyclic) bond motifs is 4. The van der Waals surface area contributed by atoms with E-state index in [1.54, 1.807) is 49.5 Å². The molecule has 8 aromatic carbocycles. The first-order chi connectivity index (χ1) is 30.6. The third-order valence-electron chi connectivity index (χ3n) is 9.98. The predicted molar refractivity (Wildman–Crippen MR) is 239 cm³/mol. The Balaban J connectivity index is 1.18. The van der Waals surface area contributed by atoms with Crippen molar-refractivity contribution in [2.24, 2.45) is 30.7 Å². The van der Waals surface area contributed by atoms with Gasteiger partial charge in [0.1, 0.15) is 15.5 Å². The maximum atomic E-state index is 12.4. The summed E-state index contributed by atoms with van der Waals surface area (Å²) in [6.07, 6.45) is 0. The number of benzene rings is 8. The Kier molecular flexibility index (Phi) is 11.2. The average molecular weight is 956 g/mol. The van der Waals surface area contributed by atoms with Crippen LogP contribution in [0, 0.1) is 0 Å². The molecule has 0 saturated heterocycles. The van der Waals surface area contributed by atoms with Crippen LogP contribution in [0.4, 0.5) is 39.8 Å². The number of hydrogen-bond acceptors (Lipinski definition) is 16. The molecule has 0 aliphatic carbocycles. The minimum atomic E-state index is -5.00. The van der Waals surface area contributed by atoms with Crippen molar-refractivity contribution >= 4 is 123 Å². The molecule has 0 amide bonds. The largest absolute Gasteiger partial charge is 0.505 e. The van der Waals surface area contributed by atoms with E-state index >= 15 is 0 Å². The van der Waals surface area contributed by atoms with E-state index < -0.39 is 71.5 Å². The van der Waals surface area contributed by atoms with Gasteiger partial charge in [-0.3, -0.25) is 18.2 Å². The molecule has 65 heavy (non-hydrogen) atoms. The van der Waals surface area contributed by atoms with Gasteiger partial charge in [-0.05, 0) is 95.7 Å². The maximum absolute atomic E-state index is 12.4. The normalized spacial score (nSPS) is 13.1. The number of phenolic OH excluding ortho intramolecular Hbond substituents is 1. The summed E-state index contributed by atoms with van der Waals surface area (Å²) in [7, 11) is -17.8. The van der Waals surface area contributed by atoms with Gasteiger partial charge in [0.2, 0.25) is 0 Å². The molecule has 8 rings (SSSR count). The van der Waals surface area contributed by atoms with Crippen molar-refractivity contribution in [2.45, 2.75) is 19.6 Å². The molecule has 24 heteroatoms. The van der Waals surface area contributed by atoms with Gasteiger partial charge in [0.25, 0.3) is 40.5 Å². The van der Waals surface area contributed by atoms with E-state index in [0.717, 1.165) is 18.2 Å². The third kappa shape index (κ3) is 9.00. The van der Waals surface area contributed by atoms with Crippen LogP contribution in [0.25, 0.3) is 43.1 Å². The summed E-state index contributed by atoms with van der Waals surface area (Å²) in [5.74, 6) is -0.532. The Morgan fingerprint density at radius 1 is 0.415 bits per heavy atom. The standard InChI is InChI=1S/C41H29N7O13S4/c1-42-24-8-10-28-23(16-24)18-39(65(59,60)61)40(41(28)49)48-47-35-13-12-34(29-4-2-3-5-30(29)35)45-46-37-15-14-36(31-11-9-26(20-33(31)37)62(50,51)52)44-43-25-7-6-22-17-27(63(53,54)55)21-38(32(22)19-25)64(56,57)58/h2-21,42,49H,1H3,(H,50,51,52)(H,53,54,55)(H,56,57,58)(H,59,60,61). The van der Waals surface area contributed by atoms with Crippen molar-refractivity contribution in [3.8, 4) is 5.75 Å². The molecule has 330 valence electrons. The van der Waals surface area contributed by atoms with Crippen molar-refractivity contribution in [3.05, 3.63) is 121 Å². The number of anilines is 1. The monoisotopic (exact) mass is 955 g/mol. The molecular formula is C41H29N7O13S4. The summed E-state index contributed by atoms with van der Waals surface area (Å²) in [6, 6.07) is 27.7. The first-order valence-corrected chi connectivity index (χ1v) is 24.2. The number of rotatable bonds is 11. The predicted octanol–water partition coefficient (Wildman–Crippen LogP) is 10.3. The van der Waals surface area contributed by atoms with E-state index in [0.29, 0.717) is 33.6 Å². The van der Waals surface area contributed by atoms with E-state index in [9.17, 15) is 57.0 Å². The highest BCUT2D eigenvalue weighted by Crippen LogP contribution is 2.44. The number of nitrogens with zero attached hydrogens (tertiary/aromatic N) is 6. The van der Waals surface area contributed by atoms with Crippen LogP contribution in [-0.4, -0.2) is 64.0 Å². The molecule has 0 aliphatic heterocycles. The quantitative estimate of drug-likeness (QED) is 0.0519. The molecule has 0 heterocycles. The highest BCUT2D eigenvalue weighted by Gasteiger charge is 2.24. The van der Waals surface area contributed by atoms with Crippen LogP contribution in [0.15, 0.2) is 172 Å². The van der Waals surface area contributed by atoms with Gasteiger partial charge in [0.15, 0.2) is 5.75 Å². The van der Waals surface area contributed by atoms with Gasteiger partial charge < -0.3 is 10.4 Å². The lowest BCUT2D eigenvalue weighted by Crippen LogP contribution is -2.04. The molecule has 0 spiro atoms. The Hall–Kier alpha value is -7.16. The first-order valence-electron chi connectivity index (χ1n) is 18.4. The summed E-state index contributed by atoms with van der Waals surface area (Å²) >= 11 is 0. The summed E-state index contributed by atoms with van der Waals surface area (Å²) in [5.41, 5.74) is 0.935. The minimum Gasteiger partial charge on any atom is -0.505 e. The molecular weight excluding hydrogens is 927 g/mol. The summed E-state index contributed by atoms with van der Waals surface area (Å²) in [5, 5.41) is 41.4. The summed E-state index contributed by atoms with van der Waals surface area (Å²) < 4.78 is 137. The third-order valence-corrected chi connectivity index (χ3v) is 13.4. The van der Waals surface area contributed by atoms with E-state index in [1.165, 1.54) is 54.6 Å². The molecule has 0 unspecified atom stereocenters. The Morgan fingerprint density at radius 2 is 0.954 bits per heavy atom. The summed E-state index contributed by atoms with van der Waals surface area (Å²) in [4.78, 5) is -2.74. The lowest BCUT2D eigenvalue weighted by atomic mass is 10.1. The molecule has 0 atom stereocenters. The van der Waals surface area contributed by atoms with Crippen LogP contribution in [0.1, 0.15) is 0 Å². The van der Waals surface area contributed by atoms with E-state index in [4.69, 9.17) is 0 Å². The topological polar surface area (TPSA) is 324 Å². The van der Waals surface area contributed by atoms with Gasteiger partial charge in [-0.1, -0.05) is 36.4 Å². The SMILES string of the molecule is CNc1ccc2c(O)c(N=Nc3ccc(N=Nc4ccc(N=Nc5ccc6cc(S(=O)(=O)O)cc(S(=O)(=O)O)c6c5)c5ccc(S(=O)(=O)O)cc45)c4ccccc34)c(S(=O)(=O)O)cc2c1. The van der Waals surface area contributed by atoms with Gasteiger partial charge in [0, 0.05) is 45.1 Å². The van der Waals surface area contributed by atoms with Crippen molar-refractivity contribution in [2.75, 3.05) is 12.4 Å². The van der Waals surface area contributed by atoms with Crippen LogP contribution in [0.5, 0.6) is 5.75 Å². The van der Waals surface area contributed by atoms with Crippen LogP contribution < -0.4 is 5.32 Å². The summed E-state index contributed by atoms with van der Waals surface area (Å²) in [6.45, 7) is 0. The maximum Gasteiger partial charge on any atom is 0.296 e. The number of nitrogens with one attached hydrogen (secondary N) is 1. The van der Waals surface area contributed by atoms with Crippen LogP contribution in [0.3, 0.4) is 0 Å². The molecule has 6 N–H and O–H groups in total. The number of azo groups is 3. The Morgan fingerprint density at radius 3 is 1.52 bits per heavy atom. The van der Waals surface area contributed by atoms with Crippen molar-refractivity contribution in [3.63, 3.8) is 0 Å². The first kappa shape index (κ1) is 44.4. The molecule has 0 fully saturated rings. The molecule has 0 aromatic heterocycles. The molecule has 0 aliphatic rings. The molecule has 0 radical (unpaired) electrons. The number of phenols is 1. The van der Waals surface area contributed by atoms with E-state index in [1.807, 2.05) is 0 Å². The highest BCUT2D eigenvalue weighted by atomic mass is 32.2. The van der Waals surface area contributed by atoms with Crippen molar-refractivity contribution < 1.29 is 57.0 Å². The van der Waals surface area contributed by atoms with Gasteiger partial charge in [-0.2, -0.15) is 38.8 Å². The van der Waals surface area contributed by atoms with Crippen LogP contribution in [0.2, 0.25) is 0 Å².